The standard InChI is InChI=1S/C21H14Br2FNO/c1-26-21(14-4-8-16(23)9-5-14)18-11-10-17(24)12-19(18)25-20(21)13-2-6-15(22)7-3-13/h2-12H,1H3. The number of ether oxygens (including phenoxy) is 1. The summed E-state index contributed by atoms with van der Waals surface area (Å²) in [6.07, 6.45) is 0. The topological polar surface area (TPSA) is 21.6 Å². The second kappa shape index (κ2) is 6.72. The van der Waals surface area contributed by atoms with Crippen LogP contribution in [-0.4, -0.2) is 12.8 Å². The second-order valence-electron chi connectivity index (χ2n) is 6.02. The molecule has 1 unspecified atom stereocenters. The van der Waals surface area contributed by atoms with Crippen molar-refractivity contribution in [2.45, 2.75) is 5.60 Å². The van der Waals surface area contributed by atoms with Crippen molar-refractivity contribution in [3.05, 3.63) is 98.2 Å². The van der Waals surface area contributed by atoms with Crippen LogP contribution in [-0.2, 0) is 10.3 Å². The van der Waals surface area contributed by atoms with Crippen LogP contribution in [0.5, 0.6) is 0 Å². The highest BCUT2D eigenvalue weighted by atomic mass is 79.9. The van der Waals surface area contributed by atoms with Crippen LogP contribution in [0.3, 0.4) is 0 Å². The van der Waals surface area contributed by atoms with E-state index in [4.69, 9.17) is 9.73 Å². The molecule has 1 heterocycles. The summed E-state index contributed by atoms with van der Waals surface area (Å²) in [5.74, 6) is -0.314. The van der Waals surface area contributed by atoms with E-state index in [1.165, 1.54) is 12.1 Å². The number of hydrogen-bond donors (Lipinski definition) is 0. The van der Waals surface area contributed by atoms with Crippen molar-refractivity contribution in [3.8, 4) is 0 Å². The van der Waals surface area contributed by atoms with Gasteiger partial charge in [0, 0.05) is 21.6 Å². The molecule has 0 bridgehead atoms. The molecule has 0 spiro atoms. The second-order valence-corrected chi connectivity index (χ2v) is 7.85. The Morgan fingerprint density at radius 3 is 2.12 bits per heavy atom. The third kappa shape index (κ3) is 2.75. The molecule has 1 atom stereocenters. The molecule has 4 rings (SSSR count). The summed E-state index contributed by atoms with van der Waals surface area (Å²) in [5, 5.41) is 0. The molecule has 5 heteroatoms. The first-order valence-electron chi connectivity index (χ1n) is 8.01. The number of hydrogen-bond acceptors (Lipinski definition) is 2. The van der Waals surface area contributed by atoms with Gasteiger partial charge >= 0.3 is 0 Å². The van der Waals surface area contributed by atoms with Gasteiger partial charge in [-0.3, -0.25) is 0 Å². The molecule has 1 aliphatic rings. The number of halogens is 3. The van der Waals surface area contributed by atoms with E-state index in [-0.39, 0.29) is 5.82 Å². The van der Waals surface area contributed by atoms with Gasteiger partial charge in [0.2, 0.25) is 0 Å². The van der Waals surface area contributed by atoms with Crippen molar-refractivity contribution in [1.29, 1.82) is 0 Å². The molecule has 0 aromatic heterocycles. The molecule has 0 radical (unpaired) electrons. The highest BCUT2D eigenvalue weighted by Crippen LogP contribution is 2.47. The SMILES string of the molecule is COC1(c2ccc(Br)cc2)C(c2ccc(Br)cc2)=Nc2cc(F)ccc21. The van der Waals surface area contributed by atoms with E-state index in [1.807, 2.05) is 48.5 Å². The van der Waals surface area contributed by atoms with Gasteiger partial charge in [-0.1, -0.05) is 62.2 Å². The zero-order chi connectivity index (χ0) is 18.3. The van der Waals surface area contributed by atoms with Crippen molar-refractivity contribution in [2.75, 3.05) is 7.11 Å². The van der Waals surface area contributed by atoms with Crippen molar-refractivity contribution in [2.24, 2.45) is 4.99 Å². The van der Waals surface area contributed by atoms with Gasteiger partial charge in [-0.15, -0.1) is 0 Å². The minimum atomic E-state index is -0.891. The Morgan fingerprint density at radius 2 is 1.50 bits per heavy atom. The first-order valence-corrected chi connectivity index (χ1v) is 9.59. The molecule has 0 aliphatic carbocycles. The minimum Gasteiger partial charge on any atom is -0.362 e. The summed E-state index contributed by atoms with van der Waals surface area (Å²) in [5.41, 5.74) is 3.15. The minimum absolute atomic E-state index is 0.314. The van der Waals surface area contributed by atoms with Gasteiger partial charge in [-0.25, -0.2) is 9.38 Å². The lowest BCUT2D eigenvalue weighted by molar-refractivity contribution is 0.0868. The molecule has 0 saturated heterocycles. The number of methoxy groups -OCH3 is 1. The highest BCUT2D eigenvalue weighted by molar-refractivity contribution is 9.10. The maximum absolute atomic E-state index is 13.8. The molecular weight excluding hydrogens is 461 g/mol. The lowest BCUT2D eigenvalue weighted by atomic mass is 9.81. The van der Waals surface area contributed by atoms with E-state index in [0.717, 1.165) is 31.3 Å². The van der Waals surface area contributed by atoms with E-state index in [9.17, 15) is 4.39 Å². The number of aliphatic imine (C=N–C) groups is 1. The summed E-state index contributed by atoms with van der Waals surface area (Å²) >= 11 is 6.94. The van der Waals surface area contributed by atoms with Crippen molar-refractivity contribution < 1.29 is 9.13 Å². The monoisotopic (exact) mass is 473 g/mol. The Labute approximate surface area is 168 Å². The fourth-order valence-electron chi connectivity index (χ4n) is 3.40. The van der Waals surface area contributed by atoms with Crippen LogP contribution in [0, 0.1) is 5.82 Å². The van der Waals surface area contributed by atoms with Crippen molar-refractivity contribution in [3.63, 3.8) is 0 Å². The maximum atomic E-state index is 13.8. The fraction of sp³-hybridized carbons (Fsp3) is 0.0952. The molecule has 2 nitrogen and oxygen atoms in total. The Morgan fingerprint density at radius 1 is 0.885 bits per heavy atom. The predicted octanol–water partition coefficient (Wildman–Crippen LogP) is 6.38. The highest BCUT2D eigenvalue weighted by Gasteiger charge is 2.46. The average Bonchev–Trinajstić information content (AvgIpc) is 2.97. The average molecular weight is 475 g/mol. The quantitative estimate of drug-likeness (QED) is 0.431. The van der Waals surface area contributed by atoms with Crippen LogP contribution in [0.1, 0.15) is 16.7 Å². The van der Waals surface area contributed by atoms with E-state index in [0.29, 0.717) is 5.69 Å². The van der Waals surface area contributed by atoms with Gasteiger partial charge in [0.05, 0.1) is 11.4 Å². The first-order chi connectivity index (χ1) is 12.5. The summed E-state index contributed by atoms with van der Waals surface area (Å²) in [6, 6.07) is 20.5. The van der Waals surface area contributed by atoms with Crippen LogP contribution >= 0.6 is 31.9 Å². The van der Waals surface area contributed by atoms with Gasteiger partial charge in [0.1, 0.15) is 5.82 Å². The van der Waals surface area contributed by atoms with Crippen LogP contribution in [0.15, 0.2) is 80.7 Å². The number of benzene rings is 3. The molecule has 0 amide bonds. The van der Waals surface area contributed by atoms with Gasteiger partial charge in [0.15, 0.2) is 5.60 Å². The Kier molecular flexibility index (Phi) is 4.55. The Balaban J connectivity index is 2.00. The van der Waals surface area contributed by atoms with Crippen LogP contribution in [0.25, 0.3) is 0 Å². The predicted molar refractivity (Wildman–Crippen MR) is 109 cm³/mol. The summed E-state index contributed by atoms with van der Waals surface area (Å²) in [6.45, 7) is 0. The molecule has 1 aliphatic heterocycles. The smallest absolute Gasteiger partial charge is 0.162 e. The maximum Gasteiger partial charge on any atom is 0.162 e. The van der Waals surface area contributed by atoms with Gasteiger partial charge in [0.25, 0.3) is 0 Å². The van der Waals surface area contributed by atoms with Crippen LogP contribution in [0.2, 0.25) is 0 Å². The number of nitrogens with zero attached hydrogens (tertiary/aromatic N) is 1. The number of fused-ring (bicyclic) bond motifs is 1. The molecule has 130 valence electrons. The van der Waals surface area contributed by atoms with Crippen LogP contribution in [0.4, 0.5) is 10.1 Å². The molecule has 0 fully saturated rings. The zero-order valence-corrected chi connectivity index (χ0v) is 17.0. The van der Waals surface area contributed by atoms with E-state index < -0.39 is 5.60 Å². The van der Waals surface area contributed by atoms with Crippen molar-refractivity contribution >= 4 is 43.3 Å². The Hall–Kier alpha value is -1.82. The summed E-state index contributed by atoms with van der Waals surface area (Å²) in [7, 11) is 1.66. The molecular formula is C21H14Br2FNO. The molecule has 3 aromatic carbocycles. The Bertz CT molecular complexity index is 1000. The lowest BCUT2D eigenvalue weighted by Crippen LogP contribution is -2.37. The van der Waals surface area contributed by atoms with Crippen LogP contribution < -0.4 is 0 Å². The molecule has 0 N–H and O–H groups in total. The largest absolute Gasteiger partial charge is 0.362 e. The lowest BCUT2D eigenvalue weighted by Gasteiger charge is -2.31. The van der Waals surface area contributed by atoms with E-state index in [1.54, 1.807) is 13.2 Å². The zero-order valence-electron chi connectivity index (χ0n) is 13.8. The third-order valence-corrected chi connectivity index (χ3v) is 5.64. The van der Waals surface area contributed by atoms with Gasteiger partial charge in [-0.2, -0.15) is 0 Å². The van der Waals surface area contributed by atoms with Crippen molar-refractivity contribution in [1.82, 2.24) is 0 Å². The molecule has 0 saturated carbocycles. The molecule has 26 heavy (non-hydrogen) atoms. The summed E-state index contributed by atoms with van der Waals surface area (Å²) in [4.78, 5) is 4.76. The summed E-state index contributed by atoms with van der Waals surface area (Å²) < 4.78 is 21.9. The van der Waals surface area contributed by atoms with Gasteiger partial charge < -0.3 is 4.74 Å². The third-order valence-electron chi connectivity index (χ3n) is 4.58. The van der Waals surface area contributed by atoms with E-state index >= 15 is 0 Å². The van der Waals surface area contributed by atoms with Gasteiger partial charge in [-0.05, 0) is 47.5 Å². The fourth-order valence-corrected chi connectivity index (χ4v) is 3.93. The number of rotatable bonds is 3. The molecule has 3 aromatic rings. The first kappa shape index (κ1) is 17.6. The normalized spacial score (nSPS) is 18.5. The van der Waals surface area contributed by atoms with E-state index in [2.05, 4.69) is 31.9 Å².